The van der Waals surface area contributed by atoms with Crippen molar-refractivity contribution in [2.24, 2.45) is 0 Å². The van der Waals surface area contributed by atoms with E-state index < -0.39 is 0 Å². The summed E-state index contributed by atoms with van der Waals surface area (Å²) >= 11 is 0. The van der Waals surface area contributed by atoms with Gasteiger partial charge in [0, 0.05) is 5.41 Å². The van der Waals surface area contributed by atoms with Crippen LogP contribution in [0.15, 0.2) is 98.1 Å². The van der Waals surface area contributed by atoms with Crippen molar-refractivity contribution in [1.29, 1.82) is 0 Å². The van der Waals surface area contributed by atoms with Gasteiger partial charge in [-0.05, 0) is 73.2 Å². The summed E-state index contributed by atoms with van der Waals surface area (Å²) in [6.45, 7) is 10.6. The van der Waals surface area contributed by atoms with Crippen LogP contribution in [0, 0.1) is 5.82 Å². The van der Waals surface area contributed by atoms with Crippen LogP contribution >= 0.6 is 0 Å². The maximum Gasteiger partial charge on any atom is 0.165 e. The Balaban J connectivity index is 1.69. The van der Waals surface area contributed by atoms with E-state index >= 15 is 0 Å². The molecule has 0 fully saturated rings. The highest BCUT2D eigenvalue weighted by molar-refractivity contribution is 5.37. The van der Waals surface area contributed by atoms with E-state index in [1.807, 2.05) is 54.6 Å². The van der Waals surface area contributed by atoms with Crippen LogP contribution in [0.4, 0.5) is 4.39 Å². The lowest BCUT2D eigenvalue weighted by Crippen LogP contribution is -2.23. The number of halogens is 1. The highest BCUT2D eigenvalue weighted by Gasteiger charge is 2.27. The van der Waals surface area contributed by atoms with Gasteiger partial charge in [0.05, 0.1) is 0 Å². The molecule has 3 heteroatoms. The zero-order valence-corrected chi connectivity index (χ0v) is 19.4. The topological polar surface area (TPSA) is 18.5 Å². The zero-order chi connectivity index (χ0) is 23.5. The van der Waals surface area contributed by atoms with E-state index in [2.05, 4.69) is 38.3 Å². The van der Waals surface area contributed by atoms with E-state index in [4.69, 9.17) is 9.47 Å². The summed E-state index contributed by atoms with van der Waals surface area (Å²) in [5.41, 5.74) is 2.21. The molecule has 172 valence electrons. The maximum absolute atomic E-state index is 14.3. The first-order chi connectivity index (χ1) is 16.1. The van der Waals surface area contributed by atoms with Gasteiger partial charge >= 0.3 is 0 Å². The molecule has 3 aromatic rings. The molecule has 0 heterocycles. The van der Waals surface area contributed by atoms with Crippen LogP contribution in [0.2, 0.25) is 0 Å². The Morgan fingerprint density at radius 2 is 1.67 bits per heavy atom. The number of hydrogen-bond acceptors (Lipinski definition) is 2. The van der Waals surface area contributed by atoms with Crippen molar-refractivity contribution in [3.05, 3.63) is 115 Å². The predicted octanol–water partition coefficient (Wildman–Crippen LogP) is 8.43. The summed E-state index contributed by atoms with van der Waals surface area (Å²) in [4.78, 5) is 0. The molecule has 0 aliphatic rings. The highest BCUT2D eigenvalue weighted by atomic mass is 19.1. The molecular weight excluding hydrogens is 411 g/mol. The fraction of sp³-hybridized carbons (Fsp3) is 0.267. The normalized spacial score (nSPS) is 12.5. The van der Waals surface area contributed by atoms with Crippen LogP contribution in [0.1, 0.15) is 43.7 Å². The smallest absolute Gasteiger partial charge is 0.165 e. The number of aryl methyl sites for hydroxylation is 1. The molecule has 0 spiro atoms. The zero-order valence-electron chi connectivity index (χ0n) is 19.4. The fourth-order valence-electron chi connectivity index (χ4n) is 4.22. The van der Waals surface area contributed by atoms with E-state index in [0.717, 1.165) is 43.4 Å². The molecule has 0 N–H and O–H groups in total. The van der Waals surface area contributed by atoms with Crippen molar-refractivity contribution in [2.45, 2.75) is 44.4 Å². The molecule has 2 nitrogen and oxygen atoms in total. The Kier molecular flexibility index (Phi) is 8.88. The number of rotatable bonds is 13. The average molecular weight is 445 g/mol. The molecule has 1 unspecified atom stereocenters. The van der Waals surface area contributed by atoms with Gasteiger partial charge in [-0.2, -0.15) is 0 Å². The van der Waals surface area contributed by atoms with Crippen molar-refractivity contribution < 1.29 is 13.9 Å². The van der Waals surface area contributed by atoms with Gasteiger partial charge < -0.3 is 9.47 Å². The van der Waals surface area contributed by atoms with Crippen molar-refractivity contribution in [3.63, 3.8) is 0 Å². The van der Waals surface area contributed by atoms with Crippen LogP contribution in [0.3, 0.4) is 0 Å². The SMILES string of the molecule is C=CCOc1ccc(C(C=C)(CCC)CCCc2ccc(F)c(Oc3ccccc3)c2)cc1. The summed E-state index contributed by atoms with van der Waals surface area (Å²) in [5.74, 6) is 1.37. The molecule has 0 amide bonds. The number of hydrogen-bond donors (Lipinski definition) is 0. The van der Waals surface area contributed by atoms with E-state index in [1.54, 1.807) is 6.08 Å². The molecular formula is C30H33FO2. The Morgan fingerprint density at radius 3 is 2.33 bits per heavy atom. The van der Waals surface area contributed by atoms with Gasteiger partial charge in [-0.25, -0.2) is 4.39 Å². The largest absolute Gasteiger partial charge is 0.490 e. The van der Waals surface area contributed by atoms with Gasteiger partial charge in [0.15, 0.2) is 11.6 Å². The van der Waals surface area contributed by atoms with Gasteiger partial charge in [-0.3, -0.25) is 0 Å². The van der Waals surface area contributed by atoms with E-state index in [-0.39, 0.29) is 17.0 Å². The molecule has 3 rings (SSSR count). The van der Waals surface area contributed by atoms with Gasteiger partial charge in [0.1, 0.15) is 18.1 Å². The quantitative estimate of drug-likeness (QED) is 0.246. The summed E-state index contributed by atoms with van der Waals surface area (Å²) in [6.07, 6.45) is 8.67. The molecule has 0 aromatic heterocycles. The first-order valence-electron chi connectivity index (χ1n) is 11.6. The van der Waals surface area contributed by atoms with Crippen molar-refractivity contribution in [3.8, 4) is 17.2 Å². The second kappa shape index (κ2) is 12.1. The third kappa shape index (κ3) is 6.58. The Bertz CT molecular complexity index is 1030. The summed E-state index contributed by atoms with van der Waals surface area (Å²) in [7, 11) is 0. The average Bonchev–Trinajstić information content (AvgIpc) is 2.85. The van der Waals surface area contributed by atoms with Gasteiger partial charge in [-0.15, -0.1) is 6.58 Å². The molecule has 0 aliphatic carbocycles. The molecule has 33 heavy (non-hydrogen) atoms. The molecule has 0 saturated carbocycles. The van der Waals surface area contributed by atoms with Crippen molar-refractivity contribution in [2.75, 3.05) is 6.61 Å². The van der Waals surface area contributed by atoms with Gasteiger partial charge in [0.2, 0.25) is 0 Å². The van der Waals surface area contributed by atoms with E-state index in [1.165, 1.54) is 11.6 Å². The molecule has 0 radical (unpaired) electrons. The van der Waals surface area contributed by atoms with E-state index in [9.17, 15) is 4.39 Å². The second-order valence-electron chi connectivity index (χ2n) is 8.27. The third-order valence-electron chi connectivity index (χ3n) is 5.94. The lowest BCUT2D eigenvalue weighted by atomic mass is 9.73. The fourth-order valence-corrected chi connectivity index (χ4v) is 4.22. The van der Waals surface area contributed by atoms with Crippen LogP contribution in [-0.2, 0) is 11.8 Å². The first kappa shape index (κ1) is 24.3. The predicted molar refractivity (Wildman–Crippen MR) is 135 cm³/mol. The van der Waals surface area contributed by atoms with Crippen LogP contribution in [-0.4, -0.2) is 6.61 Å². The Labute approximate surface area is 197 Å². The molecule has 0 bridgehead atoms. The van der Waals surface area contributed by atoms with E-state index in [0.29, 0.717) is 12.4 Å². The minimum absolute atomic E-state index is 0.102. The third-order valence-corrected chi connectivity index (χ3v) is 5.94. The highest BCUT2D eigenvalue weighted by Crippen LogP contribution is 2.37. The maximum atomic E-state index is 14.3. The summed E-state index contributed by atoms with van der Waals surface area (Å²) < 4.78 is 25.7. The minimum Gasteiger partial charge on any atom is -0.490 e. The minimum atomic E-state index is -0.354. The van der Waals surface area contributed by atoms with Gasteiger partial charge in [-0.1, -0.05) is 68.5 Å². The van der Waals surface area contributed by atoms with Crippen LogP contribution < -0.4 is 9.47 Å². The number of ether oxygens (including phenoxy) is 2. The molecule has 3 aromatic carbocycles. The van der Waals surface area contributed by atoms with Crippen molar-refractivity contribution >= 4 is 0 Å². The number of benzene rings is 3. The number of allylic oxidation sites excluding steroid dienone is 1. The summed E-state index contributed by atoms with van der Waals surface area (Å²) in [6, 6.07) is 22.7. The van der Waals surface area contributed by atoms with Crippen LogP contribution in [0.25, 0.3) is 0 Å². The standard InChI is InChI=1S/C30H33FO2/c1-4-20-30(6-3,25-15-17-26(18-16-25)32-22-5-2)21-10-11-24-14-19-28(31)29(23-24)33-27-12-8-7-9-13-27/h5-9,12-19,23H,2-4,10-11,20-22H2,1H3. The number of para-hydroxylation sites is 1. The summed E-state index contributed by atoms with van der Waals surface area (Å²) in [5, 5.41) is 0. The van der Waals surface area contributed by atoms with Crippen molar-refractivity contribution in [1.82, 2.24) is 0 Å². The molecule has 0 aliphatic heterocycles. The lowest BCUT2D eigenvalue weighted by molar-refractivity contribution is 0.362. The Hall–Kier alpha value is -3.33. The molecule has 1 atom stereocenters. The van der Waals surface area contributed by atoms with Crippen LogP contribution in [0.5, 0.6) is 17.2 Å². The van der Waals surface area contributed by atoms with Gasteiger partial charge in [0.25, 0.3) is 0 Å². The Morgan fingerprint density at radius 1 is 0.909 bits per heavy atom. The second-order valence-corrected chi connectivity index (χ2v) is 8.27. The molecule has 0 saturated heterocycles. The lowest BCUT2D eigenvalue weighted by Gasteiger charge is -2.31. The first-order valence-corrected chi connectivity index (χ1v) is 11.6. The monoisotopic (exact) mass is 444 g/mol.